The van der Waals surface area contributed by atoms with Gasteiger partial charge in [0.15, 0.2) is 0 Å². The predicted molar refractivity (Wildman–Crippen MR) is 80.1 cm³/mol. The molecule has 1 amide bonds. The molecule has 5 nitrogen and oxygen atoms in total. The van der Waals surface area contributed by atoms with Crippen LogP contribution in [0.1, 0.15) is 24.2 Å². The first kappa shape index (κ1) is 15.0. The zero-order valence-corrected chi connectivity index (χ0v) is 12.1. The molecule has 1 heterocycles. The fraction of sp³-hybridized carbons (Fsp3) is 0.312. The molecule has 0 saturated heterocycles. The number of hydrogen-bond acceptors (Lipinski definition) is 3. The van der Waals surface area contributed by atoms with Gasteiger partial charge in [-0.2, -0.15) is 0 Å². The maximum Gasteiger partial charge on any atom is 0.308 e. The summed E-state index contributed by atoms with van der Waals surface area (Å²) in [6.07, 6.45) is 1.71. The number of rotatable bonds is 5. The minimum absolute atomic E-state index is 0.156. The van der Waals surface area contributed by atoms with Gasteiger partial charge in [0.1, 0.15) is 0 Å². The van der Waals surface area contributed by atoms with Gasteiger partial charge in [0.05, 0.1) is 11.4 Å². The number of benzene rings is 1. The van der Waals surface area contributed by atoms with Crippen LogP contribution in [0.4, 0.5) is 0 Å². The van der Waals surface area contributed by atoms with Crippen LogP contribution in [-0.2, 0) is 4.79 Å². The van der Waals surface area contributed by atoms with E-state index in [0.717, 1.165) is 10.9 Å². The first-order valence-corrected chi connectivity index (χ1v) is 6.89. The van der Waals surface area contributed by atoms with Gasteiger partial charge in [0.25, 0.3) is 5.91 Å². The van der Waals surface area contributed by atoms with E-state index in [0.29, 0.717) is 12.1 Å². The zero-order chi connectivity index (χ0) is 15.4. The van der Waals surface area contributed by atoms with Gasteiger partial charge in [-0.1, -0.05) is 13.0 Å². The van der Waals surface area contributed by atoms with Crippen molar-refractivity contribution in [3.63, 3.8) is 0 Å². The van der Waals surface area contributed by atoms with E-state index in [4.69, 9.17) is 5.11 Å². The molecule has 1 aromatic heterocycles. The van der Waals surface area contributed by atoms with Crippen molar-refractivity contribution in [3.05, 3.63) is 42.1 Å². The molecular weight excluding hydrogens is 268 g/mol. The number of carboxylic acid groups (broad SMARTS) is 1. The Morgan fingerprint density at radius 1 is 1.33 bits per heavy atom. The highest BCUT2D eigenvalue weighted by molar-refractivity contribution is 5.98. The van der Waals surface area contributed by atoms with E-state index >= 15 is 0 Å². The summed E-state index contributed by atoms with van der Waals surface area (Å²) >= 11 is 0. The highest BCUT2D eigenvalue weighted by Gasteiger charge is 2.20. The molecule has 1 atom stereocenters. The number of carboxylic acids is 1. The highest BCUT2D eigenvalue weighted by Crippen LogP contribution is 2.15. The van der Waals surface area contributed by atoms with E-state index in [-0.39, 0.29) is 12.5 Å². The summed E-state index contributed by atoms with van der Waals surface area (Å²) in [5.41, 5.74) is 1.38. The largest absolute Gasteiger partial charge is 0.481 e. The first-order chi connectivity index (χ1) is 10.0. The first-order valence-electron chi connectivity index (χ1n) is 6.89. The minimum atomic E-state index is -0.899. The summed E-state index contributed by atoms with van der Waals surface area (Å²) < 4.78 is 0. The van der Waals surface area contributed by atoms with Crippen LogP contribution in [0.2, 0.25) is 0 Å². The number of pyridine rings is 1. The van der Waals surface area contributed by atoms with Crippen molar-refractivity contribution in [2.45, 2.75) is 13.8 Å². The van der Waals surface area contributed by atoms with Gasteiger partial charge < -0.3 is 10.0 Å². The van der Waals surface area contributed by atoms with Crippen molar-refractivity contribution >= 4 is 22.8 Å². The van der Waals surface area contributed by atoms with Gasteiger partial charge in [-0.3, -0.25) is 14.6 Å². The molecule has 5 heteroatoms. The van der Waals surface area contributed by atoms with Crippen molar-refractivity contribution in [2.75, 3.05) is 13.1 Å². The Balaban J connectivity index is 2.24. The molecule has 0 spiro atoms. The van der Waals surface area contributed by atoms with Crippen LogP contribution < -0.4 is 0 Å². The number of aliphatic carboxylic acids is 1. The lowest BCUT2D eigenvalue weighted by Gasteiger charge is -2.23. The monoisotopic (exact) mass is 286 g/mol. The summed E-state index contributed by atoms with van der Waals surface area (Å²) in [7, 11) is 0. The molecule has 1 N–H and O–H groups in total. The minimum Gasteiger partial charge on any atom is -0.481 e. The van der Waals surface area contributed by atoms with Crippen molar-refractivity contribution < 1.29 is 14.7 Å². The van der Waals surface area contributed by atoms with Crippen LogP contribution in [0.15, 0.2) is 36.5 Å². The lowest BCUT2D eigenvalue weighted by molar-refractivity contribution is -0.141. The summed E-state index contributed by atoms with van der Waals surface area (Å²) in [6, 6.07) is 9.04. The van der Waals surface area contributed by atoms with Crippen molar-refractivity contribution in [2.24, 2.45) is 5.92 Å². The van der Waals surface area contributed by atoms with E-state index in [1.54, 1.807) is 36.2 Å². The Kier molecular flexibility index (Phi) is 4.52. The Labute approximate surface area is 123 Å². The molecule has 0 aliphatic rings. The number of nitrogens with zero attached hydrogens (tertiary/aromatic N) is 2. The third-order valence-corrected chi connectivity index (χ3v) is 3.43. The molecule has 0 fully saturated rings. The number of aromatic nitrogens is 1. The molecule has 2 rings (SSSR count). The maximum atomic E-state index is 12.5. The fourth-order valence-corrected chi connectivity index (χ4v) is 2.16. The van der Waals surface area contributed by atoms with Crippen molar-refractivity contribution in [1.82, 2.24) is 9.88 Å². The molecule has 0 bridgehead atoms. The second-order valence-corrected chi connectivity index (χ2v) is 4.99. The molecule has 21 heavy (non-hydrogen) atoms. The predicted octanol–water partition coefficient (Wildman–Crippen LogP) is 2.42. The SMILES string of the molecule is CCN(CC(C)C(=O)O)C(=O)c1ccc2ncccc2c1. The summed E-state index contributed by atoms with van der Waals surface area (Å²) in [5.74, 6) is -1.64. The fourth-order valence-electron chi connectivity index (χ4n) is 2.16. The summed E-state index contributed by atoms with van der Waals surface area (Å²) in [6.45, 7) is 4.12. The highest BCUT2D eigenvalue weighted by atomic mass is 16.4. The van der Waals surface area contributed by atoms with Crippen molar-refractivity contribution in [3.8, 4) is 0 Å². The molecule has 2 aromatic rings. The molecule has 110 valence electrons. The van der Waals surface area contributed by atoms with Gasteiger partial charge in [-0.15, -0.1) is 0 Å². The normalized spacial score (nSPS) is 12.1. The Morgan fingerprint density at radius 2 is 2.10 bits per heavy atom. The molecule has 0 radical (unpaired) electrons. The van der Waals surface area contributed by atoms with E-state index in [1.807, 2.05) is 19.1 Å². The number of amides is 1. The standard InChI is InChI=1S/C16H18N2O3/c1-3-18(10-11(2)16(20)21)15(19)13-6-7-14-12(9-13)5-4-8-17-14/h4-9,11H,3,10H2,1-2H3,(H,20,21). The molecule has 0 saturated carbocycles. The Hall–Kier alpha value is -2.43. The van der Waals surface area contributed by atoms with Crippen LogP contribution in [0.5, 0.6) is 0 Å². The van der Waals surface area contributed by atoms with Gasteiger partial charge >= 0.3 is 5.97 Å². The van der Waals surface area contributed by atoms with E-state index in [1.165, 1.54) is 0 Å². The van der Waals surface area contributed by atoms with Crippen LogP contribution >= 0.6 is 0 Å². The van der Waals surface area contributed by atoms with Gasteiger partial charge in [0.2, 0.25) is 0 Å². The van der Waals surface area contributed by atoms with E-state index in [9.17, 15) is 9.59 Å². The third-order valence-electron chi connectivity index (χ3n) is 3.43. The number of fused-ring (bicyclic) bond motifs is 1. The van der Waals surface area contributed by atoms with Crippen LogP contribution in [0.25, 0.3) is 10.9 Å². The van der Waals surface area contributed by atoms with Crippen LogP contribution in [0, 0.1) is 5.92 Å². The van der Waals surface area contributed by atoms with Crippen LogP contribution in [0.3, 0.4) is 0 Å². The average molecular weight is 286 g/mol. The Morgan fingerprint density at radius 3 is 2.76 bits per heavy atom. The maximum absolute atomic E-state index is 12.5. The molecule has 0 aliphatic carbocycles. The van der Waals surface area contributed by atoms with E-state index in [2.05, 4.69) is 4.98 Å². The lowest BCUT2D eigenvalue weighted by Crippen LogP contribution is -2.36. The topological polar surface area (TPSA) is 70.5 Å². The second kappa shape index (κ2) is 6.35. The van der Waals surface area contributed by atoms with Gasteiger partial charge in [-0.25, -0.2) is 0 Å². The molecular formula is C16H18N2O3. The number of carbonyl (C=O) groups is 2. The average Bonchev–Trinajstić information content (AvgIpc) is 2.51. The second-order valence-electron chi connectivity index (χ2n) is 4.99. The molecule has 1 aromatic carbocycles. The van der Waals surface area contributed by atoms with Gasteiger partial charge in [0, 0.05) is 30.2 Å². The lowest BCUT2D eigenvalue weighted by atomic mass is 10.1. The summed E-state index contributed by atoms with van der Waals surface area (Å²) in [4.78, 5) is 29.2. The van der Waals surface area contributed by atoms with Crippen molar-refractivity contribution in [1.29, 1.82) is 0 Å². The number of hydrogen-bond donors (Lipinski definition) is 1. The zero-order valence-electron chi connectivity index (χ0n) is 12.1. The molecule has 1 unspecified atom stereocenters. The van der Waals surface area contributed by atoms with E-state index < -0.39 is 11.9 Å². The van der Waals surface area contributed by atoms with Crippen LogP contribution in [-0.4, -0.2) is 40.0 Å². The third kappa shape index (κ3) is 3.37. The smallest absolute Gasteiger partial charge is 0.308 e. The van der Waals surface area contributed by atoms with Gasteiger partial charge in [-0.05, 0) is 31.2 Å². The summed E-state index contributed by atoms with van der Waals surface area (Å²) in [5, 5.41) is 9.87. The number of carbonyl (C=O) groups excluding carboxylic acids is 1. The Bertz CT molecular complexity index is 669. The molecule has 0 aliphatic heterocycles. The quantitative estimate of drug-likeness (QED) is 0.916.